The Morgan fingerprint density at radius 1 is 1.43 bits per heavy atom. The zero-order valence-corrected chi connectivity index (χ0v) is 8.66. The van der Waals surface area contributed by atoms with Gasteiger partial charge in [-0.25, -0.2) is 0 Å². The van der Waals surface area contributed by atoms with E-state index in [4.69, 9.17) is 0 Å². The highest BCUT2D eigenvalue weighted by Gasteiger charge is 2.31. The lowest BCUT2D eigenvalue weighted by molar-refractivity contribution is 0.711. The Labute approximate surface area is 85.8 Å². The third-order valence-electron chi connectivity index (χ3n) is 2.87. The topological polar surface area (TPSA) is 12.0 Å². The Balaban J connectivity index is 1.84. The van der Waals surface area contributed by atoms with Gasteiger partial charge in [0.15, 0.2) is 0 Å². The van der Waals surface area contributed by atoms with Gasteiger partial charge in [0.2, 0.25) is 0 Å². The van der Waals surface area contributed by atoms with Crippen LogP contribution in [0.25, 0.3) is 5.57 Å². The molecule has 0 amide bonds. The molecule has 1 aliphatic carbocycles. The zero-order chi connectivity index (χ0) is 9.97. The van der Waals surface area contributed by atoms with Gasteiger partial charge < -0.3 is 5.32 Å². The second kappa shape index (κ2) is 3.97. The molecule has 2 unspecified atom stereocenters. The van der Waals surface area contributed by atoms with E-state index in [-0.39, 0.29) is 0 Å². The van der Waals surface area contributed by atoms with E-state index in [2.05, 4.69) is 43.1 Å². The number of hydrogen-bond donors (Lipinski definition) is 1. The first kappa shape index (κ1) is 9.47. The van der Waals surface area contributed by atoms with Gasteiger partial charge in [-0.15, -0.1) is 0 Å². The van der Waals surface area contributed by atoms with E-state index < -0.39 is 0 Å². The molecule has 1 aromatic carbocycles. The average Bonchev–Trinajstić information content (AvgIpc) is 2.92. The Hall–Kier alpha value is -1.08. The Kier molecular flexibility index (Phi) is 2.69. The summed E-state index contributed by atoms with van der Waals surface area (Å²) >= 11 is 0. The van der Waals surface area contributed by atoms with Gasteiger partial charge in [-0.1, -0.05) is 43.8 Å². The highest BCUT2D eigenvalue weighted by molar-refractivity contribution is 5.64. The van der Waals surface area contributed by atoms with E-state index in [0.29, 0.717) is 0 Å². The lowest BCUT2D eigenvalue weighted by Gasteiger charge is -2.06. The molecule has 0 aromatic heterocycles. The molecule has 74 valence electrons. The lowest BCUT2D eigenvalue weighted by Crippen LogP contribution is -2.19. The van der Waals surface area contributed by atoms with Gasteiger partial charge in [0.1, 0.15) is 0 Å². The van der Waals surface area contributed by atoms with Gasteiger partial charge in [0, 0.05) is 12.6 Å². The molecule has 1 aliphatic rings. The summed E-state index contributed by atoms with van der Waals surface area (Å²) in [6.45, 7) is 7.28. The van der Waals surface area contributed by atoms with Crippen molar-refractivity contribution in [3.63, 3.8) is 0 Å². The van der Waals surface area contributed by atoms with Crippen LogP contribution < -0.4 is 5.32 Å². The van der Waals surface area contributed by atoms with Crippen LogP contribution in [0.5, 0.6) is 0 Å². The minimum Gasteiger partial charge on any atom is -0.310 e. The van der Waals surface area contributed by atoms with Crippen molar-refractivity contribution in [2.24, 2.45) is 5.92 Å². The summed E-state index contributed by atoms with van der Waals surface area (Å²) in [7, 11) is 0. The summed E-state index contributed by atoms with van der Waals surface area (Å²) in [6, 6.07) is 11.1. The van der Waals surface area contributed by atoms with Crippen LogP contribution in [0.15, 0.2) is 36.9 Å². The van der Waals surface area contributed by atoms with E-state index in [0.717, 1.165) is 18.5 Å². The fourth-order valence-corrected chi connectivity index (χ4v) is 1.64. The average molecular weight is 187 g/mol. The van der Waals surface area contributed by atoms with Crippen molar-refractivity contribution in [3.05, 3.63) is 42.5 Å². The largest absolute Gasteiger partial charge is 0.310 e. The van der Waals surface area contributed by atoms with Crippen molar-refractivity contribution >= 4 is 5.57 Å². The quantitative estimate of drug-likeness (QED) is 0.764. The van der Waals surface area contributed by atoms with Crippen molar-refractivity contribution < 1.29 is 0 Å². The van der Waals surface area contributed by atoms with Gasteiger partial charge in [-0.2, -0.15) is 0 Å². The van der Waals surface area contributed by atoms with Gasteiger partial charge in [-0.3, -0.25) is 0 Å². The van der Waals surface area contributed by atoms with Crippen LogP contribution in [0.2, 0.25) is 0 Å². The SMILES string of the molecule is C=C(CNC1CC1C)c1ccccc1. The Morgan fingerprint density at radius 2 is 2.07 bits per heavy atom. The third kappa shape index (κ3) is 2.24. The first-order valence-electron chi connectivity index (χ1n) is 5.24. The van der Waals surface area contributed by atoms with E-state index in [1.165, 1.54) is 17.6 Å². The van der Waals surface area contributed by atoms with Gasteiger partial charge in [0.25, 0.3) is 0 Å². The molecule has 0 heterocycles. The Morgan fingerprint density at radius 3 is 2.64 bits per heavy atom. The van der Waals surface area contributed by atoms with Gasteiger partial charge in [-0.05, 0) is 23.5 Å². The van der Waals surface area contributed by atoms with Crippen LogP contribution in [0.3, 0.4) is 0 Å². The summed E-state index contributed by atoms with van der Waals surface area (Å²) in [6.07, 6.45) is 1.32. The Bertz CT molecular complexity index is 315. The van der Waals surface area contributed by atoms with Crippen LogP contribution in [0.1, 0.15) is 18.9 Å². The number of benzene rings is 1. The first-order valence-corrected chi connectivity index (χ1v) is 5.24. The molecule has 14 heavy (non-hydrogen) atoms. The molecule has 0 bridgehead atoms. The molecule has 1 N–H and O–H groups in total. The predicted molar refractivity (Wildman–Crippen MR) is 61.0 cm³/mol. The van der Waals surface area contributed by atoms with Crippen molar-refractivity contribution in [2.45, 2.75) is 19.4 Å². The highest BCUT2D eigenvalue weighted by atomic mass is 15.0. The molecule has 2 atom stereocenters. The maximum atomic E-state index is 4.09. The molecule has 0 saturated heterocycles. The van der Waals surface area contributed by atoms with Crippen LogP contribution in [-0.2, 0) is 0 Å². The van der Waals surface area contributed by atoms with Crippen molar-refractivity contribution in [1.29, 1.82) is 0 Å². The molecule has 1 nitrogen and oxygen atoms in total. The van der Waals surface area contributed by atoms with Crippen molar-refractivity contribution in [3.8, 4) is 0 Å². The molecule has 0 radical (unpaired) electrons. The molecule has 0 aliphatic heterocycles. The molecule has 1 saturated carbocycles. The first-order chi connectivity index (χ1) is 6.77. The molecular formula is C13H17N. The summed E-state index contributed by atoms with van der Waals surface area (Å²) in [5.41, 5.74) is 2.43. The van der Waals surface area contributed by atoms with Crippen molar-refractivity contribution in [1.82, 2.24) is 5.32 Å². The van der Waals surface area contributed by atoms with Crippen LogP contribution >= 0.6 is 0 Å². The highest BCUT2D eigenvalue weighted by Crippen LogP contribution is 2.29. The third-order valence-corrected chi connectivity index (χ3v) is 2.87. The van der Waals surface area contributed by atoms with E-state index in [1.807, 2.05) is 6.07 Å². The van der Waals surface area contributed by atoms with E-state index >= 15 is 0 Å². The van der Waals surface area contributed by atoms with E-state index in [1.54, 1.807) is 0 Å². The monoisotopic (exact) mass is 187 g/mol. The zero-order valence-electron chi connectivity index (χ0n) is 8.66. The molecule has 1 aromatic rings. The fourth-order valence-electron chi connectivity index (χ4n) is 1.64. The minimum atomic E-state index is 0.732. The molecule has 2 rings (SSSR count). The summed E-state index contributed by atoms with van der Waals surface area (Å²) < 4.78 is 0. The minimum absolute atomic E-state index is 0.732. The van der Waals surface area contributed by atoms with Crippen LogP contribution in [0, 0.1) is 5.92 Å². The van der Waals surface area contributed by atoms with Crippen molar-refractivity contribution in [2.75, 3.05) is 6.54 Å². The standard InChI is InChI=1S/C13H17N/c1-10-8-13(10)14-9-11(2)12-6-4-3-5-7-12/h3-7,10,13-14H,2,8-9H2,1H3. The van der Waals surface area contributed by atoms with E-state index in [9.17, 15) is 0 Å². The van der Waals surface area contributed by atoms with Gasteiger partial charge in [0.05, 0.1) is 0 Å². The maximum Gasteiger partial charge on any atom is 0.0208 e. The summed E-state index contributed by atoms with van der Waals surface area (Å²) in [5.74, 6) is 0.860. The maximum absolute atomic E-state index is 4.09. The second-order valence-corrected chi connectivity index (χ2v) is 4.17. The second-order valence-electron chi connectivity index (χ2n) is 4.17. The number of hydrogen-bond acceptors (Lipinski definition) is 1. The lowest BCUT2D eigenvalue weighted by atomic mass is 10.1. The predicted octanol–water partition coefficient (Wildman–Crippen LogP) is 2.70. The number of rotatable bonds is 4. The molecule has 1 heteroatoms. The summed E-state index contributed by atoms with van der Waals surface area (Å²) in [4.78, 5) is 0. The molecule has 0 spiro atoms. The normalized spacial score (nSPS) is 24.6. The molecule has 1 fully saturated rings. The smallest absolute Gasteiger partial charge is 0.0208 e. The van der Waals surface area contributed by atoms with Gasteiger partial charge >= 0.3 is 0 Å². The number of nitrogens with one attached hydrogen (secondary N) is 1. The van der Waals surface area contributed by atoms with Crippen LogP contribution in [0.4, 0.5) is 0 Å². The van der Waals surface area contributed by atoms with Crippen LogP contribution in [-0.4, -0.2) is 12.6 Å². The fraction of sp³-hybridized carbons (Fsp3) is 0.385. The summed E-state index contributed by atoms with van der Waals surface area (Å²) in [5, 5.41) is 3.51. The molecular weight excluding hydrogens is 170 g/mol.